The van der Waals surface area contributed by atoms with E-state index in [-0.39, 0.29) is 19.3 Å². The van der Waals surface area contributed by atoms with Gasteiger partial charge in [0.05, 0.1) is 5.92 Å². The monoisotopic (exact) mass is 212 g/mol. The molecule has 0 aromatic rings. The number of halogens is 4. The maximum absolute atomic E-state index is 12.1. The molecule has 1 nitrogen and oxygen atoms in total. The van der Waals surface area contributed by atoms with Gasteiger partial charge in [-0.05, 0) is 30.9 Å². The molecule has 0 amide bonds. The minimum atomic E-state index is -4.16. The molecule has 0 fully saturated rings. The Balaban J connectivity index is 2.61. The lowest BCUT2D eigenvalue weighted by Gasteiger charge is -2.22. The van der Waals surface area contributed by atoms with Crippen LogP contribution in [0.1, 0.15) is 19.3 Å². The highest BCUT2D eigenvalue weighted by atomic mass is 35.5. The average Bonchev–Trinajstić information content (AvgIpc) is 2.03. The predicted molar refractivity (Wildman–Crippen MR) is 42.3 cm³/mol. The summed E-state index contributed by atoms with van der Waals surface area (Å²) in [7, 11) is 0. The van der Waals surface area contributed by atoms with Crippen molar-refractivity contribution in [3.05, 3.63) is 11.6 Å². The van der Waals surface area contributed by atoms with Crippen LogP contribution in [0.5, 0.6) is 0 Å². The highest BCUT2D eigenvalue weighted by Gasteiger charge is 2.39. The summed E-state index contributed by atoms with van der Waals surface area (Å²) >= 11 is 5.13. The van der Waals surface area contributed by atoms with E-state index in [0.29, 0.717) is 5.57 Å². The van der Waals surface area contributed by atoms with Crippen LogP contribution in [-0.4, -0.2) is 11.4 Å². The van der Waals surface area contributed by atoms with Crippen LogP contribution in [0.25, 0.3) is 0 Å². The second-order valence-corrected chi connectivity index (χ2v) is 3.36. The Kier molecular flexibility index (Phi) is 3.01. The van der Waals surface area contributed by atoms with Crippen LogP contribution >= 0.6 is 11.6 Å². The summed E-state index contributed by atoms with van der Waals surface area (Å²) in [6, 6.07) is 0. The normalized spacial score (nSPS) is 24.0. The fourth-order valence-electron chi connectivity index (χ4n) is 1.31. The number of hydrogen-bond acceptors (Lipinski definition) is 1. The molecule has 1 aliphatic rings. The summed E-state index contributed by atoms with van der Waals surface area (Å²) in [5.41, 5.74) is 0.308. The Labute approximate surface area is 78.6 Å². The van der Waals surface area contributed by atoms with Gasteiger partial charge in [-0.1, -0.05) is 6.08 Å². The first kappa shape index (κ1) is 10.6. The van der Waals surface area contributed by atoms with Crippen molar-refractivity contribution >= 4 is 16.8 Å². The van der Waals surface area contributed by atoms with Gasteiger partial charge in [0, 0.05) is 5.57 Å². The number of allylic oxidation sites excluding steroid dienone is 2. The van der Waals surface area contributed by atoms with Crippen molar-refractivity contribution in [2.75, 3.05) is 0 Å². The average molecular weight is 213 g/mol. The van der Waals surface area contributed by atoms with Crippen LogP contribution in [0.2, 0.25) is 0 Å². The van der Waals surface area contributed by atoms with Gasteiger partial charge in [0.2, 0.25) is 5.24 Å². The van der Waals surface area contributed by atoms with E-state index in [1.54, 1.807) is 0 Å². The molecular weight excluding hydrogens is 205 g/mol. The molecule has 1 atom stereocenters. The number of carbonyl (C=O) groups is 1. The van der Waals surface area contributed by atoms with Crippen molar-refractivity contribution in [2.45, 2.75) is 25.4 Å². The van der Waals surface area contributed by atoms with Crippen molar-refractivity contribution in [1.82, 2.24) is 0 Å². The molecule has 0 spiro atoms. The lowest BCUT2D eigenvalue weighted by atomic mass is 9.90. The molecular formula is C8H8ClF3O. The molecule has 0 radical (unpaired) electrons. The third kappa shape index (κ3) is 2.72. The molecule has 0 saturated carbocycles. The van der Waals surface area contributed by atoms with E-state index < -0.39 is 17.3 Å². The van der Waals surface area contributed by atoms with Gasteiger partial charge >= 0.3 is 6.18 Å². The van der Waals surface area contributed by atoms with E-state index in [4.69, 9.17) is 11.6 Å². The second kappa shape index (κ2) is 3.70. The third-order valence-corrected chi connectivity index (χ3v) is 2.37. The Morgan fingerprint density at radius 2 is 2.15 bits per heavy atom. The van der Waals surface area contributed by atoms with Gasteiger partial charge in [0.1, 0.15) is 0 Å². The maximum Gasteiger partial charge on any atom is 0.392 e. The lowest BCUT2D eigenvalue weighted by Crippen LogP contribution is -2.25. The minimum Gasteiger partial charge on any atom is -0.276 e. The summed E-state index contributed by atoms with van der Waals surface area (Å²) < 4.78 is 36.4. The van der Waals surface area contributed by atoms with Gasteiger partial charge in [-0.2, -0.15) is 13.2 Å². The first-order valence-corrected chi connectivity index (χ1v) is 4.24. The van der Waals surface area contributed by atoms with Crippen LogP contribution in [0.4, 0.5) is 13.2 Å². The topological polar surface area (TPSA) is 17.1 Å². The van der Waals surface area contributed by atoms with Crippen LogP contribution in [-0.2, 0) is 4.79 Å². The van der Waals surface area contributed by atoms with Gasteiger partial charge in [0.25, 0.3) is 0 Å². The molecule has 1 aliphatic carbocycles. The molecule has 13 heavy (non-hydrogen) atoms. The van der Waals surface area contributed by atoms with Gasteiger partial charge in [0.15, 0.2) is 0 Å². The van der Waals surface area contributed by atoms with Crippen LogP contribution in [0, 0.1) is 5.92 Å². The van der Waals surface area contributed by atoms with E-state index >= 15 is 0 Å². The van der Waals surface area contributed by atoms with Crippen molar-refractivity contribution in [3.63, 3.8) is 0 Å². The Hall–Kier alpha value is -0.510. The fourth-order valence-corrected chi connectivity index (χ4v) is 1.48. The molecule has 0 N–H and O–H groups in total. The standard InChI is InChI=1S/C8H8ClF3O/c9-7(13)5-1-3-6(4-2-5)8(10,11)12/h1,6H,2-4H2. The summed E-state index contributed by atoms with van der Waals surface area (Å²) in [6.07, 6.45) is -2.90. The van der Waals surface area contributed by atoms with E-state index in [0.717, 1.165) is 0 Å². The molecule has 0 aromatic heterocycles. The molecule has 0 aromatic carbocycles. The van der Waals surface area contributed by atoms with Gasteiger partial charge in [-0.25, -0.2) is 0 Å². The van der Waals surface area contributed by atoms with Crippen LogP contribution in [0.3, 0.4) is 0 Å². The molecule has 0 aliphatic heterocycles. The summed E-state index contributed by atoms with van der Waals surface area (Å²) in [4.78, 5) is 10.6. The smallest absolute Gasteiger partial charge is 0.276 e. The lowest BCUT2D eigenvalue weighted by molar-refractivity contribution is -0.176. The molecule has 5 heteroatoms. The summed E-state index contributed by atoms with van der Waals surface area (Å²) in [6.45, 7) is 0. The van der Waals surface area contributed by atoms with Crippen LogP contribution < -0.4 is 0 Å². The zero-order chi connectivity index (χ0) is 10.1. The first-order chi connectivity index (χ1) is 5.91. The first-order valence-electron chi connectivity index (χ1n) is 3.87. The highest BCUT2D eigenvalue weighted by Crippen LogP contribution is 2.37. The van der Waals surface area contributed by atoms with Crippen molar-refractivity contribution < 1.29 is 18.0 Å². The van der Waals surface area contributed by atoms with Crippen molar-refractivity contribution in [2.24, 2.45) is 5.92 Å². The number of hydrogen-bond donors (Lipinski definition) is 0. The number of carbonyl (C=O) groups excluding carboxylic acids is 1. The molecule has 0 heterocycles. The van der Waals surface area contributed by atoms with Crippen molar-refractivity contribution in [1.29, 1.82) is 0 Å². The largest absolute Gasteiger partial charge is 0.392 e. The van der Waals surface area contributed by atoms with Crippen molar-refractivity contribution in [3.8, 4) is 0 Å². The highest BCUT2D eigenvalue weighted by molar-refractivity contribution is 6.67. The minimum absolute atomic E-state index is 0.0339. The predicted octanol–water partition coefficient (Wildman–Crippen LogP) is 3.04. The van der Waals surface area contributed by atoms with Gasteiger partial charge < -0.3 is 0 Å². The van der Waals surface area contributed by atoms with E-state index in [1.807, 2.05) is 0 Å². The van der Waals surface area contributed by atoms with E-state index in [9.17, 15) is 18.0 Å². The Bertz CT molecular complexity index is 244. The fraction of sp³-hybridized carbons (Fsp3) is 0.625. The Morgan fingerprint density at radius 1 is 1.54 bits per heavy atom. The Morgan fingerprint density at radius 3 is 2.46 bits per heavy atom. The molecule has 0 bridgehead atoms. The second-order valence-electron chi connectivity index (χ2n) is 3.02. The zero-order valence-electron chi connectivity index (χ0n) is 6.70. The summed E-state index contributed by atoms with van der Waals surface area (Å²) in [5.74, 6) is -1.31. The van der Waals surface area contributed by atoms with Crippen LogP contribution in [0.15, 0.2) is 11.6 Å². The third-order valence-electron chi connectivity index (χ3n) is 2.13. The maximum atomic E-state index is 12.1. The SMILES string of the molecule is O=C(Cl)C1=CCC(C(F)(F)F)CC1. The van der Waals surface area contributed by atoms with Gasteiger partial charge in [-0.3, -0.25) is 4.79 Å². The van der Waals surface area contributed by atoms with Gasteiger partial charge in [-0.15, -0.1) is 0 Å². The quantitative estimate of drug-likeness (QED) is 0.611. The van der Waals surface area contributed by atoms with E-state index in [2.05, 4.69) is 0 Å². The number of rotatable bonds is 1. The summed E-state index contributed by atoms with van der Waals surface area (Å²) in [5, 5.41) is -0.638. The molecule has 1 rings (SSSR count). The molecule has 0 saturated heterocycles. The molecule has 1 unspecified atom stereocenters. The zero-order valence-corrected chi connectivity index (χ0v) is 7.45. The van der Waals surface area contributed by atoms with E-state index in [1.165, 1.54) is 6.08 Å². The number of alkyl halides is 3. The molecule has 74 valence electrons.